The molecule has 0 aliphatic heterocycles. The Labute approximate surface area is 96.0 Å². The van der Waals surface area contributed by atoms with E-state index in [0.717, 1.165) is 5.69 Å². The highest BCUT2D eigenvalue weighted by atomic mass is 32.2. The third-order valence-corrected chi connectivity index (χ3v) is 3.16. The van der Waals surface area contributed by atoms with E-state index in [2.05, 4.69) is 11.2 Å². The van der Waals surface area contributed by atoms with Crippen LogP contribution in [0.15, 0.2) is 23.1 Å². The lowest BCUT2D eigenvalue weighted by molar-refractivity contribution is 0.415. The zero-order valence-corrected chi connectivity index (χ0v) is 10.1. The highest BCUT2D eigenvalue weighted by molar-refractivity contribution is 7.91. The SMILES string of the molecule is C#CCNc1ccc(S(C)(=N)=O)cc1OC. The van der Waals surface area contributed by atoms with Crippen LogP contribution in [0.2, 0.25) is 0 Å². The minimum atomic E-state index is -2.72. The Hall–Kier alpha value is -1.67. The molecule has 2 N–H and O–H groups in total. The quantitative estimate of drug-likeness (QED) is 0.786. The average molecular weight is 238 g/mol. The van der Waals surface area contributed by atoms with E-state index < -0.39 is 9.73 Å². The molecule has 1 aromatic carbocycles. The maximum absolute atomic E-state index is 11.5. The van der Waals surface area contributed by atoms with E-state index in [-0.39, 0.29) is 0 Å². The lowest BCUT2D eigenvalue weighted by atomic mass is 10.3. The van der Waals surface area contributed by atoms with Gasteiger partial charge in [0.05, 0.1) is 34.0 Å². The van der Waals surface area contributed by atoms with Crippen LogP contribution in [0.3, 0.4) is 0 Å². The number of benzene rings is 1. The van der Waals surface area contributed by atoms with Crippen LogP contribution < -0.4 is 10.1 Å². The molecule has 1 rings (SSSR count). The van der Waals surface area contributed by atoms with Gasteiger partial charge in [0, 0.05) is 6.26 Å². The van der Waals surface area contributed by atoms with E-state index in [1.54, 1.807) is 18.2 Å². The third-order valence-electron chi connectivity index (χ3n) is 2.00. The predicted octanol–water partition coefficient (Wildman–Crippen LogP) is 1.78. The van der Waals surface area contributed by atoms with E-state index in [1.165, 1.54) is 13.4 Å². The molecule has 0 spiro atoms. The summed E-state index contributed by atoms with van der Waals surface area (Å²) < 4.78 is 24.2. The van der Waals surface area contributed by atoms with Crippen LogP contribution in [0.25, 0.3) is 0 Å². The van der Waals surface area contributed by atoms with Crippen LogP contribution in [0.5, 0.6) is 5.75 Å². The summed E-state index contributed by atoms with van der Waals surface area (Å²) in [6.07, 6.45) is 6.51. The molecule has 86 valence electrons. The van der Waals surface area contributed by atoms with E-state index in [4.69, 9.17) is 15.9 Å². The number of anilines is 1. The van der Waals surface area contributed by atoms with Crippen molar-refractivity contribution in [3.63, 3.8) is 0 Å². The van der Waals surface area contributed by atoms with E-state index >= 15 is 0 Å². The molecule has 1 aromatic rings. The predicted molar refractivity (Wildman–Crippen MR) is 65.4 cm³/mol. The monoisotopic (exact) mass is 238 g/mol. The second-order valence-corrected chi connectivity index (χ2v) is 5.42. The first-order valence-electron chi connectivity index (χ1n) is 4.58. The fourth-order valence-corrected chi connectivity index (χ4v) is 1.87. The van der Waals surface area contributed by atoms with Gasteiger partial charge in [-0.1, -0.05) is 5.92 Å². The summed E-state index contributed by atoms with van der Waals surface area (Å²) in [6.45, 7) is 0.387. The van der Waals surface area contributed by atoms with E-state index in [0.29, 0.717) is 17.2 Å². The van der Waals surface area contributed by atoms with E-state index in [1.807, 2.05) is 0 Å². The van der Waals surface area contributed by atoms with Crippen molar-refractivity contribution in [1.82, 2.24) is 0 Å². The summed E-state index contributed by atoms with van der Waals surface area (Å²) in [4.78, 5) is 0.440. The summed E-state index contributed by atoms with van der Waals surface area (Å²) in [6, 6.07) is 4.94. The number of hydrogen-bond donors (Lipinski definition) is 2. The number of nitrogens with one attached hydrogen (secondary N) is 2. The van der Waals surface area contributed by atoms with Crippen molar-refractivity contribution < 1.29 is 8.95 Å². The van der Waals surface area contributed by atoms with Crippen LogP contribution in [0.4, 0.5) is 5.69 Å². The van der Waals surface area contributed by atoms with Crippen molar-refractivity contribution in [2.45, 2.75) is 4.90 Å². The van der Waals surface area contributed by atoms with Gasteiger partial charge in [0.15, 0.2) is 0 Å². The van der Waals surface area contributed by atoms with Gasteiger partial charge >= 0.3 is 0 Å². The van der Waals surface area contributed by atoms with Crippen molar-refractivity contribution in [2.75, 3.05) is 25.2 Å². The van der Waals surface area contributed by atoms with Gasteiger partial charge in [-0.2, -0.15) is 0 Å². The van der Waals surface area contributed by atoms with Gasteiger partial charge in [0.25, 0.3) is 0 Å². The van der Waals surface area contributed by atoms with Crippen molar-refractivity contribution in [3.8, 4) is 18.1 Å². The summed E-state index contributed by atoms with van der Waals surface area (Å²) in [5.74, 6) is 2.99. The first-order valence-corrected chi connectivity index (χ1v) is 6.55. The fraction of sp³-hybridized carbons (Fsp3) is 0.273. The number of ether oxygens (including phenoxy) is 1. The van der Waals surface area contributed by atoms with Crippen LogP contribution in [0, 0.1) is 17.1 Å². The average Bonchev–Trinajstić information content (AvgIpc) is 2.24. The summed E-state index contributed by atoms with van der Waals surface area (Å²) in [5.41, 5.74) is 0.729. The smallest absolute Gasteiger partial charge is 0.143 e. The fourth-order valence-electron chi connectivity index (χ4n) is 1.21. The number of hydrogen-bond acceptors (Lipinski definition) is 4. The molecule has 4 nitrogen and oxygen atoms in total. The van der Waals surface area contributed by atoms with Crippen molar-refractivity contribution >= 4 is 15.4 Å². The first kappa shape index (κ1) is 12.4. The standard InChI is InChI=1S/C11H14N2O2S/c1-4-7-13-10-6-5-9(16(3,12)14)8-11(10)15-2/h1,5-6,8,12-13H,7H2,2-3H3. The van der Waals surface area contributed by atoms with Gasteiger partial charge < -0.3 is 10.1 Å². The molecule has 1 atom stereocenters. The maximum Gasteiger partial charge on any atom is 0.143 e. The topological polar surface area (TPSA) is 62.2 Å². The Morgan fingerprint density at radius 3 is 2.81 bits per heavy atom. The molecule has 0 fully saturated rings. The van der Waals surface area contributed by atoms with Crippen LogP contribution in [-0.2, 0) is 9.73 Å². The van der Waals surface area contributed by atoms with Crippen LogP contribution >= 0.6 is 0 Å². The largest absolute Gasteiger partial charge is 0.495 e. The highest BCUT2D eigenvalue weighted by Crippen LogP contribution is 2.27. The zero-order valence-electron chi connectivity index (χ0n) is 9.24. The molecule has 0 saturated heterocycles. The lowest BCUT2D eigenvalue weighted by Gasteiger charge is -2.11. The van der Waals surface area contributed by atoms with Gasteiger partial charge in [-0.3, -0.25) is 0 Å². The molecule has 16 heavy (non-hydrogen) atoms. The van der Waals surface area contributed by atoms with Gasteiger partial charge in [0.1, 0.15) is 5.75 Å². The molecule has 5 heteroatoms. The van der Waals surface area contributed by atoms with Gasteiger partial charge in [0.2, 0.25) is 0 Å². The van der Waals surface area contributed by atoms with Gasteiger partial charge in [-0.15, -0.1) is 6.42 Å². The number of methoxy groups -OCH3 is 1. The maximum atomic E-state index is 11.5. The van der Waals surface area contributed by atoms with Gasteiger partial charge in [-0.25, -0.2) is 8.99 Å². The summed E-state index contributed by atoms with van der Waals surface area (Å²) >= 11 is 0. The summed E-state index contributed by atoms with van der Waals surface area (Å²) in [5, 5.41) is 2.98. The Morgan fingerprint density at radius 2 is 2.31 bits per heavy atom. The third kappa shape index (κ3) is 2.91. The molecule has 0 radical (unpaired) electrons. The minimum Gasteiger partial charge on any atom is -0.495 e. The molecular formula is C11H14N2O2S. The normalized spacial score (nSPS) is 13.6. The first-order chi connectivity index (χ1) is 7.49. The number of rotatable bonds is 4. The van der Waals surface area contributed by atoms with Crippen molar-refractivity contribution in [3.05, 3.63) is 18.2 Å². The van der Waals surface area contributed by atoms with Gasteiger partial charge in [-0.05, 0) is 18.2 Å². The molecule has 1 unspecified atom stereocenters. The second kappa shape index (κ2) is 4.90. The lowest BCUT2D eigenvalue weighted by Crippen LogP contribution is -2.02. The Kier molecular flexibility index (Phi) is 3.80. The van der Waals surface area contributed by atoms with Crippen molar-refractivity contribution in [2.24, 2.45) is 0 Å². The Balaban J connectivity index is 3.13. The molecule has 0 amide bonds. The number of terminal acetylenes is 1. The minimum absolute atomic E-state index is 0.387. The molecule has 0 aliphatic carbocycles. The molecule has 0 aromatic heterocycles. The molecular weight excluding hydrogens is 224 g/mol. The van der Waals surface area contributed by atoms with Crippen molar-refractivity contribution in [1.29, 1.82) is 4.78 Å². The second-order valence-electron chi connectivity index (χ2n) is 3.26. The van der Waals surface area contributed by atoms with Crippen LogP contribution in [-0.4, -0.2) is 24.1 Å². The molecule has 0 saturated carbocycles. The highest BCUT2D eigenvalue weighted by Gasteiger charge is 2.08. The van der Waals surface area contributed by atoms with E-state index in [9.17, 15) is 4.21 Å². The summed E-state index contributed by atoms with van der Waals surface area (Å²) in [7, 11) is -1.21. The molecule has 0 aliphatic rings. The molecule has 0 heterocycles. The Morgan fingerprint density at radius 1 is 1.62 bits per heavy atom. The Bertz CT molecular complexity index is 515. The van der Waals surface area contributed by atoms with Crippen LogP contribution in [0.1, 0.15) is 0 Å². The zero-order chi connectivity index (χ0) is 12.2. The molecule has 0 bridgehead atoms.